The highest BCUT2D eigenvalue weighted by Crippen LogP contribution is 2.28. The highest BCUT2D eigenvalue weighted by molar-refractivity contribution is 6.05. The molecule has 1 N–H and O–H groups in total. The first-order valence-corrected chi connectivity index (χ1v) is 8.93. The van der Waals surface area contributed by atoms with Gasteiger partial charge in [-0.15, -0.1) is 0 Å². The molecule has 1 amide bonds. The topological polar surface area (TPSA) is 82.5 Å². The Morgan fingerprint density at radius 1 is 1.10 bits per heavy atom. The molecule has 3 aromatic rings. The number of carbonyl (C=O) groups excluding carboxylic acids is 2. The SMILES string of the molecule is COc1cc(/C=C/C(=O)c2ccn(C)n2)ccc1OCC(=O)Nc1ccccc1. The number of ether oxygens (including phenoxy) is 2. The van der Waals surface area contributed by atoms with E-state index in [-0.39, 0.29) is 18.3 Å². The van der Waals surface area contributed by atoms with E-state index in [0.717, 1.165) is 5.56 Å². The van der Waals surface area contributed by atoms with Crippen molar-refractivity contribution in [3.63, 3.8) is 0 Å². The number of methoxy groups -OCH3 is 1. The van der Waals surface area contributed by atoms with Gasteiger partial charge in [0, 0.05) is 18.9 Å². The number of carbonyl (C=O) groups is 2. The largest absolute Gasteiger partial charge is 0.493 e. The van der Waals surface area contributed by atoms with Crippen molar-refractivity contribution in [3.05, 3.63) is 78.1 Å². The Morgan fingerprint density at radius 3 is 2.59 bits per heavy atom. The summed E-state index contributed by atoms with van der Waals surface area (Å²) in [6.07, 6.45) is 4.83. The molecule has 7 heteroatoms. The second kappa shape index (κ2) is 9.36. The third-order valence-corrected chi connectivity index (χ3v) is 4.00. The molecular formula is C22H21N3O4. The van der Waals surface area contributed by atoms with E-state index < -0.39 is 0 Å². The number of para-hydroxylation sites is 1. The second-order valence-electron chi connectivity index (χ2n) is 6.19. The lowest BCUT2D eigenvalue weighted by Crippen LogP contribution is -2.20. The summed E-state index contributed by atoms with van der Waals surface area (Å²) < 4.78 is 12.5. The molecule has 2 aromatic carbocycles. The number of hydrogen-bond acceptors (Lipinski definition) is 5. The smallest absolute Gasteiger partial charge is 0.262 e. The molecule has 3 rings (SSSR count). The summed E-state index contributed by atoms with van der Waals surface area (Å²) in [4.78, 5) is 24.2. The molecule has 0 unspecified atom stereocenters. The number of ketones is 1. The highest BCUT2D eigenvalue weighted by atomic mass is 16.5. The van der Waals surface area contributed by atoms with Crippen molar-refractivity contribution in [3.8, 4) is 11.5 Å². The van der Waals surface area contributed by atoms with Gasteiger partial charge in [-0.25, -0.2) is 0 Å². The van der Waals surface area contributed by atoms with Crippen molar-refractivity contribution in [2.75, 3.05) is 19.0 Å². The summed E-state index contributed by atoms with van der Waals surface area (Å²) >= 11 is 0. The van der Waals surface area contributed by atoms with Crippen molar-refractivity contribution in [1.82, 2.24) is 9.78 Å². The van der Waals surface area contributed by atoms with Gasteiger partial charge in [-0.3, -0.25) is 14.3 Å². The van der Waals surface area contributed by atoms with E-state index in [9.17, 15) is 9.59 Å². The van der Waals surface area contributed by atoms with Crippen LogP contribution in [0.4, 0.5) is 5.69 Å². The monoisotopic (exact) mass is 391 g/mol. The minimum atomic E-state index is -0.275. The van der Waals surface area contributed by atoms with E-state index in [1.165, 1.54) is 13.2 Å². The summed E-state index contributed by atoms with van der Waals surface area (Å²) in [5, 5.41) is 6.82. The summed E-state index contributed by atoms with van der Waals surface area (Å²) in [5.41, 5.74) is 1.83. The lowest BCUT2D eigenvalue weighted by atomic mass is 10.1. The average molecular weight is 391 g/mol. The van der Waals surface area contributed by atoms with Gasteiger partial charge in [0.2, 0.25) is 5.78 Å². The van der Waals surface area contributed by atoms with E-state index >= 15 is 0 Å². The minimum Gasteiger partial charge on any atom is -0.493 e. The molecule has 29 heavy (non-hydrogen) atoms. The lowest BCUT2D eigenvalue weighted by Gasteiger charge is -2.11. The molecule has 148 valence electrons. The lowest BCUT2D eigenvalue weighted by molar-refractivity contribution is -0.118. The molecule has 0 radical (unpaired) electrons. The van der Waals surface area contributed by atoms with Crippen LogP contribution in [0, 0.1) is 0 Å². The van der Waals surface area contributed by atoms with Crippen LogP contribution in [0.25, 0.3) is 6.08 Å². The van der Waals surface area contributed by atoms with E-state index in [1.807, 2.05) is 18.2 Å². The molecule has 1 aromatic heterocycles. The Hall–Kier alpha value is -3.87. The maximum absolute atomic E-state index is 12.1. The third-order valence-electron chi connectivity index (χ3n) is 4.00. The highest BCUT2D eigenvalue weighted by Gasteiger charge is 2.09. The molecule has 0 bridgehead atoms. The van der Waals surface area contributed by atoms with Gasteiger partial charge in [0.15, 0.2) is 18.1 Å². The van der Waals surface area contributed by atoms with Gasteiger partial charge in [0.05, 0.1) is 7.11 Å². The van der Waals surface area contributed by atoms with Crippen molar-refractivity contribution >= 4 is 23.5 Å². The van der Waals surface area contributed by atoms with Gasteiger partial charge in [-0.05, 0) is 42.0 Å². The quantitative estimate of drug-likeness (QED) is 0.470. The van der Waals surface area contributed by atoms with Gasteiger partial charge in [0.25, 0.3) is 5.91 Å². The van der Waals surface area contributed by atoms with Gasteiger partial charge in [-0.2, -0.15) is 5.10 Å². The Labute approximate surface area is 168 Å². The van der Waals surface area contributed by atoms with Crippen molar-refractivity contribution < 1.29 is 19.1 Å². The van der Waals surface area contributed by atoms with E-state index in [4.69, 9.17) is 9.47 Å². The molecule has 0 aliphatic rings. The van der Waals surface area contributed by atoms with Gasteiger partial charge in [-0.1, -0.05) is 30.3 Å². The molecule has 7 nitrogen and oxygen atoms in total. The Balaban J connectivity index is 1.61. The van der Waals surface area contributed by atoms with Crippen LogP contribution in [0.3, 0.4) is 0 Å². The summed E-state index contributed by atoms with van der Waals surface area (Å²) in [5.74, 6) is 0.430. The number of anilines is 1. The van der Waals surface area contributed by atoms with Gasteiger partial charge in [0.1, 0.15) is 5.69 Å². The maximum atomic E-state index is 12.1. The first-order chi connectivity index (χ1) is 14.0. The number of aromatic nitrogens is 2. The molecule has 1 heterocycles. The molecule has 0 saturated carbocycles. The second-order valence-corrected chi connectivity index (χ2v) is 6.19. The molecule has 0 fully saturated rings. The molecule has 0 saturated heterocycles. The molecule has 0 spiro atoms. The minimum absolute atomic E-state index is 0.154. The fourth-order valence-electron chi connectivity index (χ4n) is 2.57. The summed E-state index contributed by atoms with van der Waals surface area (Å²) in [7, 11) is 3.27. The van der Waals surface area contributed by atoms with Crippen LogP contribution in [-0.4, -0.2) is 35.2 Å². The predicted molar refractivity (Wildman–Crippen MR) is 110 cm³/mol. The third kappa shape index (κ3) is 5.55. The van der Waals surface area contributed by atoms with Crippen LogP contribution in [0.5, 0.6) is 11.5 Å². The van der Waals surface area contributed by atoms with Crippen molar-refractivity contribution in [2.45, 2.75) is 0 Å². The standard InChI is InChI=1S/C22H21N3O4/c1-25-13-12-18(24-25)19(26)10-8-16-9-11-20(21(14-16)28-2)29-15-22(27)23-17-6-4-3-5-7-17/h3-14H,15H2,1-2H3,(H,23,27)/b10-8+. The number of nitrogens with one attached hydrogen (secondary N) is 1. The van der Waals surface area contributed by atoms with E-state index in [1.54, 1.807) is 60.4 Å². The molecule has 0 atom stereocenters. The number of amides is 1. The summed E-state index contributed by atoms with van der Waals surface area (Å²) in [6.45, 7) is -0.154. The van der Waals surface area contributed by atoms with Crippen molar-refractivity contribution in [1.29, 1.82) is 0 Å². The van der Waals surface area contributed by atoms with Crippen LogP contribution >= 0.6 is 0 Å². The first kappa shape index (κ1) is 19.9. The maximum Gasteiger partial charge on any atom is 0.262 e. The first-order valence-electron chi connectivity index (χ1n) is 8.93. The Morgan fingerprint density at radius 2 is 1.90 bits per heavy atom. The zero-order valence-corrected chi connectivity index (χ0v) is 16.2. The normalized spacial score (nSPS) is 10.7. The fraction of sp³-hybridized carbons (Fsp3) is 0.136. The van der Waals surface area contributed by atoms with Crippen LogP contribution in [0.15, 0.2) is 66.9 Å². The zero-order chi connectivity index (χ0) is 20.6. The van der Waals surface area contributed by atoms with Crippen molar-refractivity contribution in [2.24, 2.45) is 7.05 Å². The number of hydrogen-bond donors (Lipinski definition) is 1. The number of aryl methyl sites for hydroxylation is 1. The fourth-order valence-corrected chi connectivity index (χ4v) is 2.57. The zero-order valence-electron chi connectivity index (χ0n) is 16.2. The van der Waals surface area contributed by atoms with Crippen LogP contribution in [0.1, 0.15) is 16.1 Å². The van der Waals surface area contributed by atoms with E-state index in [0.29, 0.717) is 22.9 Å². The Bertz CT molecular complexity index is 1030. The number of nitrogens with zero attached hydrogens (tertiary/aromatic N) is 2. The van der Waals surface area contributed by atoms with Gasteiger partial charge < -0.3 is 14.8 Å². The summed E-state index contributed by atoms with van der Waals surface area (Å²) in [6, 6.07) is 16.0. The van der Waals surface area contributed by atoms with Gasteiger partial charge >= 0.3 is 0 Å². The Kier molecular flexibility index (Phi) is 6.42. The molecule has 0 aliphatic heterocycles. The van der Waals surface area contributed by atoms with Crippen LogP contribution in [0.2, 0.25) is 0 Å². The van der Waals surface area contributed by atoms with Crippen LogP contribution < -0.4 is 14.8 Å². The number of rotatable bonds is 8. The van der Waals surface area contributed by atoms with E-state index in [2.05, 4.69) is 10.4 Å². The predicted octanol–water partition coefficient (Wildman–Crippen LogP) is 3.34. The molecular weight excluding hydrogens is 370 g/mol. The molecule has 0 aliphatic carbocycles. The number of benzene rings is 2. The van der Waals surface area contributed by atoms with Crippen LogP contribution in [-0.2, 0) is 11.8 Å². The number of allylic oxidation sites excluding steroid dienone is 1. The average Bonchev–Trinajstić information content (AvgIpc) is 3.18.